The molecule has 0 bridgehead atoms. The van der Waals surface area contributed by atoms with Crippen LogP contribution in [0.5, 0.6) is 0 Å². The number of nitrogens with zero attached hydrogens (tertiary/aromatic N) is 2. The van der Waals surface area contributed by atoms with Crippen molar-refractivity contribution >= 4 is 17.5 Å². The number of hydrogen-bond acceptors (Lipinski definition) is 4. The molecule has 2 unspecified atom stereocenters. The van der Waals surface area contributed by atoms with Crippen LogP contribution >= 0.6 is 0 Å². The van der Waals surface area contributed by atoms with E-state index in [0.717, 1.165) is 18.4 Å². The second kappa shape index (κ2) is 5.40. The third-order valence-electron chi connectivity index (χ3n) is 5.91. The van der Waals surface area contributed by atoms with E-state index in [9.17, 15) is 19.7 Å². The summed E-state index contributed by atoms with van der Waals surface area (Å²) in [4.78, 5) is 37.3. The molecule has 1 saturated heterocycles. The first kappa shape index (κ1) is 15.3. The lowest BCUT2D eigenvalue weighted by molar-refractivity contribution is -0.384. The largest absolute Gasteiger partial charge is 0.281 e. The monoisotopic (exact) mass is 328 g/mol. The fourth-order valence-corrected chi connectivity index (χ4v) is 4.45. The molecule has 3 fully saturated rings. The number of hydrogen-bond donors (Lipinski definition) is 0. The SMILES string of the molecule is O=C1C2CC2(c2ccc([N+](=O)[O-])cc2)C(=O)N1CC1CCCCC1. The zero-order valence-corrected chi connectivity index (χ0v) is 13.4. The number of benzene rings is 1. The molecule has 1 aromatic rings. The summed E-state index contributed by atoms with van der Waals surface area (Å²) in [5.74, 6) is 0.00830. The highest BCUT2D eigenvalue weighted by molar-refractivity contribution is 6.15. The molecular weight excluding hydrogens is 308 g/mol. The summed E-state index contributed by atoms with van der Waals surface area (Å²) < 4.78 is 0. The van der Waals surface area contributed by atoms with Crippen LogP contribution in [0.15, 0.2) is 24.3 Å². The first-order valence-electron chi connectivity index (χ1n) is 8.65. The Labute approximate surface area is 140 Å². The first-order chi connectivity index (χ1) is 11.5. The molecule has 126 valence electrons. The number of carbonyl (C=O) groups excluding carboxylic acids is 2. The van der Waals surface area contributed by atoms with E-state index in [0.29, 0.717) is 18.9 Å². The molecule has 24 heavy (non-hydrogen) atoms. The van der Waals surface area contributed by atoms with E-state index < -0.39 is 10.3 Å². The van der Waals surface area contributed by atoms with Gasteiger partial charge in [0.25, 0.3) is 5.69 Å². The summed E-state index contributed by atoms with van der Waals surface area (Å²) in [7, 11) is 0. The smallest absolute Gasteiger partial charge is 0.269 e. The van der Waals surface area contributed by atoms with Gasteiger partial charge in [0, 0.05) is 18.7 Å². The highest BCUT2D eigenvalue weighted by Gasteiger charge is 2.72. The molecule has 0 aromatic heterocycles. The quantitative estimate of drug-likeness (QED) is 0.483. The molecule has 6 heteroatoms. The van der Waals surface area contributed by atoms with Crippen molar-refractivity contribution in [3.8, 4) is 0 Å². The Morgan fingerprint density at radius 3 is 2.42 bits per heavy atom. The molecule has 2 atom stereocenters. The van der Waals surface area contributed by atoms with Crippen molar-refractivity contribution in [2.24, 2.45) is 11.8 Å². The molecule has 6 nitrogen and oxygen atoms in total. The maximum Gasteiger partial charge on any atom is 0.269 e. The van der Waals surface area contributed by atoms with Crippen LogP contribution in [0.1, 0.15) is 44.1 Å². The Balaban J connectivity index is 1.55. The number of likely N-dealkylation sites (tertiary alicyclic amines) is 1. The van der Waals surface area contributed by atoms with E-state index in [4.69, 9.17) is 0 Å². The normalized spacial score (nSPS) is 29.7. The van der Waals surface area contributed by atoms with E-state index in [1.165, 1.54) is 36.3 Å². The van der Waals surface area contributed by atoms with Gasteiger partial charge in [-0.05, 0) is 30.7 Å². The Kier molecular flexibility index (Phi) is 3.44. The Hall–Kier alpha value is -2.24. The van der Waals surface area contributed by atoms with Gasteiger partial charge < -0.3 is 0 Å². The van der Waals surface area contributed by atoms with Gasteiger partial charge in [0.1, 0.15) is 0 Å². The first-order valence-corrected chi connectivity index (χ1v) is 8.65. The fourth-order valence-electron chi connectivity index (χ4n) is 4.45. The summed E-state index contributed by atoms with van der Waals surface area (Å²) >= 11 is 0. The molecule has 1 aliphatic heterocycles. The van der Waals surface area contributed by atoms with Crippen LogP contribution in [0.4, 0.5) is 5.69 Å². The van der Waals surface area contributed by atoms with Crippen LogP contribution in [0, 0.1) is 22.0 Å². The molecule has 1 aromatic carbocycles. The zero-order chi connectivity index (χ0) is 16.9. The topological polar surface area (TPSA) is 80.5 Å². The maximum atomic E-state index is 12.9. The third kappa shape index (κ3) is 2.16. The summed E-state index contributed by atoms with van der Waals surface area (Å²) in [6, 6.07) is 6.10. The molecular formula is C18H20N2O4. The van der Waals surface area contributed by atoms with E-state index in [1.54, 1.807) is 12.1 Å². The number of piperidine rings is 1. The van der Waals surface area contributed by atoms with Gasteiger partial charge in [0.15, 0.2) is 0 Å². The third-order valence-corrected chi connectivity index (χ3v) is 5.91. The van der Waals surface area contributed by atoms with Crippen molar-refractivity contribution in [3.05, 3.63) is 39.9 Å². The lowest BCUT2D eigenvalue weighted by Gasteiger charge is -2.27. The van der Waals surface area contributed by atoms with Gasteiger partial charge in [0.05, 0.1) is 16.3 Å². The van der Waals surface area contributed by atoms with E-state index in [1.807, 2.05) is 0 Å². The van der Waals surface area contributed by atoms with Gasteiger partial charge in [0.2, 0.25) is 11.8 Å². The lowest BCUT2D eigenvalue weighted by atomic mass is 9.88. The van der Waals surface area contributed by atoms with Gasteiger partial charge in [-0.2, -0.15) is 0 Å². The van der Waals surface area contributed by atoms with Crippen LogP contribution in [0.3, 0.4) is 0 Å². The summed E-state index contributed by atoms with van der Waals surface area (Å²) in [6.07, 6.45) is 6.32. The summed E-state index contributed by atoms with van der Waals surface area (Å²) in [5, 5.41) is 10.8. The predicted octanol–water partition coefficient (Wildman–Crippen LogP) is 2.80. The Morgan fingerprint density at radius 1 is 1.12 bits per heavy atom. The molecule has 0 spiro atoms. The summed E-state index contributed by atoms with van der Waals surface area (Å²) in [6.45, 7) is 0.545. The van der Waals surface area contributed by atoms with Crippen molar-refractivity contribution in [1.29, 1.82) is 0 Å². The van der Waals surface area contributed by atoms with Gasteiger partial charge in [-0.15, -0.1) is 0 Å². The number of non-ortho nitro benzene ring substituents is 1. The minimum Gasteiger partial charge on any atom is -0.281 e. The number of amides is 2. The standard InChI is InChI=1S/C18H20N2O4/c21-16-15-10-18(15,13-6-8-14(9-7-13)20(23)24)17(22)19(16)11-12-4-2-1-3-5-12/h6-9,12,15H,1-5,10-11H2. The average molecular weight is 328 g/mol. The average Bonchev–Trinajstić information content (AvgIpc) is 3.32. The van der Waals surface area contributed by atoms with Crippen molar-refractivity contribution < 1.29 is 14.5 Å². The van der Waals surface area contributed by atoms with E-state index in [-0.39, 0.29) is 23.4 Å². The molecule has 0 N–H and O–H groups in total. The number of carbonyl (C=O) groups is 2. The van der Waals surface area contributed by atoms with Crippen molar-refractivity contribution in [2.45, 2.75) is 43.9 Å². The predicted molar refractivity (Wildman–Crippen MR) is 86.2 cm³/mol. The molecule has 2 saturated carbocycles. The number of fused-ring (bicyclic) bond motifs is 1. The molecule has 1 heterocycles. The molecule has 0 radical (unpaired) electrons. The van der Waals surface area contributed by atoms with Crippen LogP contribution in [0.25, 0.3) is 0 Å². The van der Waals surface area contributed by atoms with E-state index in [2.05, 4.69) is 0 Å². The second-order valence-electron chi connectivity index (χ2n) is 7.29. The van der Waals surface area contributed by atoms with Gasteiger partial charge >= 0.3 is 0 Å². The van der Waals surface area contributed by atoms with Crippen molar-refractivity contribution in [1.82, 2.24) is 4.90 Å². The van der Waals surface area contributed by atoms with Gasteiger partial charge in [-0.25, -0.2) is 0 Å². The van der Waals surface area contributed by atoms with E-state index >= 15 is 0 Å². The minimum absolute atomic E-state index is 0.00295. The van der Waals surface area contributed by atoms with Crippen LogP contribution in [0.2, 0.25) is 0 Å². The van der Waals surface area contributed by atoms with Crippen molar-refractivity contribution in [2.75, 3.05) is 6.54 Å². The Morgan fingerprint density at radius 2 is 1.79 bits per heavy atom. The number of imide groups is 1. The van der Waals surface area contributed by atoms with Gasteiger partial charge in [-0.1, -0.05) is 31.4 Å². The highest BCUT2D eigenvalue weighted by Crippen LogP contribution is 2.60. The zero-order valence-electron chi connectivity index (χ0n) is 13.4. The minimum atomic E-state index is -0.749. The van der Waals surface area contributed by atoms with Gasteiger partial charge in [-0.3, -0.25) is 24.6 Å². The highest BCUT2D eigenvalue weighted by atomic mass is 16.6. The lowest BCUT2D eigenvalue weighted by Crippen LogP contribution is -2.40. The maximum absolute atomic E-state index is 12.9. The molecule has 4 rings (SSSR count). The molecule has 3 aliphatic rings. The summed E-state index contributed by atoms with van der Waals surface area (Å²) in [5.41, 5.74) is -0.00767. The van der Waals surface area contributed by atoms with Crippen LogP contribution < -0.4 is 0 Å². The van der Waals surface area contributed by atoms with Crippen molar-refractivity contribution in [3.63, 3.8) is 0 Å². The molecule has 2 aliphatic carbocycles. The van der Waals surface area contributed by atoms with Crippen LogP contribution in [-0.2, 0) is 15.0 Å². The number of nitro groups is 1. The Bertz CT molecular complexity index is 708. The number of nitro benzene ring substituents is 1. The number of rotatable bonds is 4. The second-order valence-corrected chi connectivity index (χ2v) is 7.29. The van der Waals surface area contributed by atoms with Crippen LogP contribution in [-0.4, -0.2) is 28.2 Å². The molecule has 2 amide bonds. The fraction of sp³-hybridized carbons (Fsp3) is 0.556.